The van der Waals surface area contributed by atoms with Crippen molar-refractivity contribution in [3.8, 4) is 0 Å². The summed E-state index contributed by atoms with van der Waals surface area (Å²) in [5.41, 5.74) is 1.40. The largest absolute Gasteiger partial charge is 0.328 e. The van der Waals surface area contributed by atoms with Crippen LogP contribution in [-0.4, -0.2) is 40.9 Å². The summed E-state index contributed by atoms with van der Waals surface area (Å²) in [6, 6.07) is 11.0. The fourth-order valence-electron chi connectivity index (χ4n) is 3.06. The summed E-state index contributed by atoms with van der Waals surface area (Å²) in [6.07, 6.45) is 0. The second-order valence-electron chi connectivity index (χ2n) is 6.54. The second-order valence-corrected chi connectivity index (χ2v) is 8.91. The number of nitrogens with zero attached hydrogens (tertiary/aromatic N) is 3. The molecule has 10 heteroatoms. The number of fused-ring (bicyclic) bond motifs is 1. The van der Waals surface area contributed by atoms with Crippen molar-refractivity contribution in [2.24, 2.45) is 14.1 Å². The minimum absolute atomic E-state index is 0.0207. The van der Waals surface area contributed by atoms with Crippen molar-refractivity contribution >= 4 is 44.3 Å². The predicted molar refractivity (Wildman–Crippen MR) is 113 cm³/mol. The molecule has 3 aromatic rings. The number of likely N-dealkylation sites (N-methyl/N-ethyl adjacent to an activating group) is 1. The summed E-state index contributed by atoms with van der Waals surface area (Å²) in [4.78, 5) is 24.5. The first-order valence-corrected chi connectivity index (χ1v) is 10.7. The molecule has 0 bridgehead atoms. The van der Waals surface area contributed by atoms with Gasteiger partial charge in [0.2, 0.25) is 15.9 Å². The van der Waals surface area contributed by atoms with E-state index in [1.807, 2.05) is 0 Å². The van der Waals surface area contributed by atoms with Gasteiger partial charge in [-0.15, -0.1) is 0 Å². The van der Waals surface area contributed by atoms with Crippen LogP contribution < -0.4 is 11.0 Å². The molecule has 0 unspecified atom stereocenters. The van der Waals surface area contributed by atoms with Gasteiger partial charge in [-0.1, -0.05) is 18.5 Å². The number of nitrogens with one attached hydrogen (secondary N) is 1. The van der Waals surface area contributed by atoms with Gasteiger partial charge in [0.05, 0.1) is 22.5 Å². The van der Waals surface area contributed by atoms with Gasteiger partial charge in [0, 0.05) is 31.4 Å². The summed E-state index contributed by atoms with van der Waals surface area (Å²) in [5.74, 6) is -0.467. The van der Waals surface area contributed by atoms with Gasteiger partial charge in [-0.2, -0.15) is 4.31 Å². The Hall–Kier alpha value is -2.62. The summed E-state index contributed by atoms with van der Waals surface area (Å²) in [5, 5.41) is 3.19. The molecule has 1 N–H and O–H groups in total. The van der Waals surface area contributed by atoms with Crippen molar-refractivity contribution in [2.75, 3.05) is 18.4 Å². The number of halogens is 1. The van der Waals surface area contributed by atoms with Gasteiger partial charge >= 0.3 is 5.69 Å². The molecule has 8 nitrogen and oxygen atoms in total. The molecular formula is C19H21ClN4O4S. The van der Waals surface area contributed by atoms with Crippen molar-refractivity contribution < 1.29 is 13.2 Å². The normalized spacial score (nSPS) is 11.9. The maximum absolute atomic E-state index is 13.1. The highest BCUT2D eigenvalue weighted by molar-refractivity contribution is 7.89. The van der Waals surface area contributed by atoms with E-state index in [0.717, 1.165) is 4.31 Å². The molecule has 0 fully saturated rings. The molecule has 0 aliphatic carbocycles. The van der Waals surface area contributed by atoms with Crippen molar-refractivity contribution in [1.29, 1.82) is 0 Å². The van der Waals surface area contributed by atoms with Crippen LogP contribution in [0.2, 0.25) is 5.02 Å². The number of hydrogen-bond donors (Lipinski definition) is 1. The Morgan fingerprint density at radius 3 is 2.31 bits per heavy atom. The zero-order chi connectivity index (χ0) is 21.3. The maximum Gasteiger partial charge on any atom is 0.328 e. The SMILES string of the molecule is CCN(CC(=O)Nc1ccc(Cl)cc1)S(=O)(=O)c1ccc2c(c1)n(C)c(=O)n2C. The summed E-state index contributed by atoms with van der Waals surface area (Å²) in [6.45, 7) is 1.43. The minimum atomic E-state index is -3.93. The molecule has 1 aromatic heterocycles. The Morgan fingerprint density at radius 2 is 1.69 bits per heavy atom. The van der Waals surface area contributed by atoms with Gasteiger partial charge in [-0.05, 0) is 42.5 Å². The Kier molecular flexibility index (Phi) is 5.83. The van der Waals surface area contributed by atoms with Crippen LogP contribution in [0.5, 0.6) is 0 Å². The molecule has 1 heterocycles. The van der Waals surface area contributed by atoms with Gasteiger partial charge in [0.25, 0.3) is 0 Å². The number of amides is 1. The van der Waals surface area contributed by atoms with Crippen LogP contribution in [0.4, 0.5) is 5.69 Å². The van der Waals surface area contributed by atoms with E-state index < -0.39 is 15.9 Å². The molecule has 0 radical (unpaired) electrons. The number of carbonyl (C=O) groups excluding carboxylic acids is 1. The molecule has 29 heavy (non-hydrogen) atoms. The predicted octanol–water partition coefficient (Wildman–Crippen LogP) is 2.18. The fourth-order valence-corrected chi connectivity index (χ4v) is 4.61. The van der Waals surface area contributed by atoms with Crippen LogP contribution in [0.3, 0.4) is 0 Å². The number of aromatic nitrogens is 2. The monoisotopic (exact) mass is 436 g/mol. The minimum Gasteiger partial charge on any atom is -0.325 e. The molecule has 0 aliphatic heterocycles. The third-order valence-electron chi connectivity index (χ3n) is 4.68. The Bertz CT molecular complexity index is 1230. The lowest BCUT2D eigenvalue weighted by Crippen LogP contribution is -2.37. The van der Waals surface area contributed by atoms with E-state index >= 15 is 0 Å². The maximum atomic E-state index is 13.1. The Morgan fingerprint density at radius 1 is 1.07 bits per heavy atom. The van der Waals surface area contributed by atoms with Gasteiger partial charge in [0.1, 0.15) is 0 Å². The summed E-state index contributed by atoms with van der Waals surface area (Å²) in [7, 11) is -0.725. The first-order chi connectivity index (χ1) is 13.6. The van der Waals surface area contributed by atoms with E-state index in [-0.39, 0.29) is 23.7 Å². The average Bonchev–Trinajstić information content (AvgIpc) is 2.91. The number of benzene rings is 2. The third kappa shape index (κ3) is 4.07. The van der Waals surface area contributed by atoms with E-state index in [0.29, 0.717) is 21.7 Å². The summed E-state index contributed by atoms with van der Waals surface area (Å²) >= 11 is 5.82. The first kappa shape index (κ1) is 21.1. The highest BCUT2D eigenvalue weighted by Crippen LogP contribution is 2.21. The third-order valence-corrected chi connectivity index (χ3v) is 6.85. The quantitative estimate of drug-likeness (QED) is 0.640. The van der Waals surface area contributed by atoms with Crippen molar-refractivity contribution in [3.05, 3.63) is 58.0 Å². The van der Waals surface area contributed by atoms with E-state index in [2.05, 4.69) is 5.32 Å². The van der Waals surface area contributed by atoms with Gasteiger partial charge in [-0.25, -0.2) is 13.2 Å². The van der Waals surface area contributed by atoms with Crippen molar-refractivity contribution in [1.82, 2.24) is 13.4 Å². The van der Waals surface area contributed by atoms with Crippen LogP contribution in [0.15, 0.2) is 52.2 Å². The van der Waals surface area contributed by atoms with E-state index in [9.17, 15) is 18.0 Å². The topological polar surface area (TPSA) is 93.4 Å². The van der Waals surface area contributed by atoms with Crippen molar-refractivity contribution in [3.63, 3.8) is 0 Å². The zero-order valence-corrected chi connectivity index (χ0v) is 17.8. The van der Waals surface area contributed by atoms with Crippen LogP contribution in [-0.2, 0) is 28.9 Å². The lowest BCUT2D eigenvalue weighted by atomic mass is 10.3. The molecule has 1 amide bonds. The van der Waals surface area contributed by atoms with Gasteiger partial charge in [0.15, 0.2) is 0 Å². The highest BCUT2D eigenvalue weighted by atomic mass is 35.5. The molecule has 0 aliphatic rings. The summed E-state index contributed by atoms with van der Waals surface area (Å²) < 4.78 is 30.1. The highest BCUT2D eigenvalue weighted by Gasteiger charge is 2.26. The van der Waals surface area contributed by atoms with E-state index in [1.54, 1.807) is 51.4 Å². The number of hydrogen-bond acceptors (Lipinski definition) is 4. The van der Waals surface area contributed by atoms with Gasteiger partial charge < -0.3 is 5.32 Å². The number of carbonyl (C=O) groups is 1. The molecule has 0 spiro atoms. The van der Waals surface area contributed by atoms with Crippen molar-refractivity contribution in [2.45, 2.75) is 11.8 Å². The van der Waals surface area contributed by atoms with Crippen LogP contribution in [0.25, 0.3) is 11.0 Å². The Labute approximate surface area is 173 Å². The van der Waals surface area contributed by atoms with Crippen LogP contribution >= 0.6 is 11.6 Å². The standard InChI is InChI=1S/C19H21ClN4O4S/c1-4-24(12-18(25)21-14-7-5-13(20)6-8-14)29(27,28)15-9-10-16-17(11-15)23(3)19(26)22(16)2/h5-11H,4,12H2,1-3H3,(H,21,25). The van der Waals surface area contributed by atoms with E-state index in [4.69, 9.17) is 11.6 Å². The van der Waals surface area contributed by atoms with Gasteiger partial charge in [-0.3, -0.25) is 13.9 Å². The number of sulfonamides is 1. The lowest BCUT2D eigenvalue weighted by molar-refractivity contribution is -0.116. The fraction of sp³-hybridized carbons (Fsp3) is 0.263. The molecule has 3 rings (SSSR count). The molecule has 0 saturated carbocycles. The van der Waals surface area contributed by atoms with Crippen LogP contribution in [0.1, 0.15) is 6.92 Å². The number of imidazole rings is 1. The molecule has 0 atom stereocenters. The number of anilines is 1. The number of aryl methyl sites for hydroxylation is 2. The van der Waals surface area contributed by atoms with Crippen LogP contribution in [0, 0.1) is 0 Å². The number of rotatable bonds is 6. The first-order valence-electron chi connectivity index (χ1n) is 8.86. The zero-order valence-electron chi connectivity index (χ0n) is 16.2. The van der Waals surface area contributed by atoms with E-state index in [1.165, 1.54) is 21.3 Å². The molecule has 0 saturated heterocycles. The molecule has 2 aromatic carbocycles. The molecule has 154 valence electrons. The second kappa shape index (κ2) is 8.02. The smallest absolute Gasteiger partial charge is 0.325 e. The molecular weight excluding hydrogens is 416 g/mol. The Balaban J connectivity index is 1.87. The average molecular weight is 437 g/mol. The lowest BCUT2D eigenvalue weighted by Gasteiger charge is -2.20.